The number of imidazole rings is 1. The van der Waals surface area contributed by atoms with Gasteiger partial charge < -0.3 is 14.2 Å². The van der Waals surface area contributed by atoms with E-state index in [0.717, 1.165) is 10.1 Å². The van der Waals surface area contributed by atoms with E-state index < -0.39 is 17.1 Å². The Labute approximate surface area is 188 Å². The molecule has 0 fully saturated rings. The van der Waals surface area contributed by atoms with Gasteiger partial charge in [-0.3, -0.25) is 18.5 Å². The SMILES string of the molecule is COc1ccc(COc2nc3c(c(=O)n(C)c(=O)n3C)n2Cc2ccccc2F)cc1OC. The number of hydrogen-bond donors (Lipinski definition) is 0. The van der Waals surface area contributed by atoms with Gasteiger partial charge in [-0.15, -0.1) is 0 Å². The van der Waals surface area contributed by atoms with Crippen LogP contribution in [0.4, 0.5) is 4.39 Å². The highest BCUT2D eigenvalue weighted by Gasteiger charge is 2.21. The Morgan fingerprint density at radius 2 is 1.70 bits per heavy atom. The molecule has 4 aromatic rings. The minimum absolute atomic E-state index is 0.00210. The highest BCUT2D eigenvalue weighted by Crippen LogP contribution is 2.28. The molecule has 2 aromatic heterocycles. The summed E-state index contributed by atoms with van der Waals surface area (Å²) in [6.07, 6.45) is 0. The van der Waals surface area contributed by atoms with E-state index in [-0.39, 0.29) is 30.3 Å². The fourth-order valence-corrected chi connectivity index (χ4v) is 3.60. The molecule has 0 bridgehead atoms. The second-order valence-electron chi connectivity index (χ2n) is 7.43. The van der Waals surface area contributed by atoms with E-state index >= 15 is 0 Å². The van der Waals surface area contributed by atoms with Crippen LogP contribution in [0, 0.1) is 5.82 Å². The van der Waals surface area contributed by atoms with Gasteiger partial charge in [-0.2, -0.15) is 4.98 Å². The lowest BCUT2D eigenvalue weighted by Crippen LogP contribution is -2.37. The minimum atomic E-state index is -0.544. The van der Waals surface area contributed by atoms with Gasteiger partial charge in [-0.05, 0) is 23.8 Å². The lowest BCUT2D eigenvalue weighted by molar-refractivity contribution is 0.269. The summed E-state index contributed by atoms with van der Waals surface area (Å²) in [6, 6.07) is 11.6. The molecule has 0 aliphatic heterocycles. The topological polar surface area (TPSA) is 89.5 Å². The monoisotopic (exact) mass is 454 g/mol. The maximum absolute atomic E-state index is 14.4. The number of aromatic nitrogens is 4. The van der Waals surface area contributed by atoms with Gasteiger partial charge in [0.15, 0.2) is 22.7 Å². The highest BCUT2D eigenvalue weighted by molar-refractivity contribution is 5.72. The van der Waals surface area contributed by atoms with Crippen LogP contribution in [0.1, 0.15) is 11.1 Å². The van der Waals surface area contributed by atoms with Crippen molar-refractivity contribution in [3.63, 3.8) is 0 Å². The number of fused-ring (bicyclic) bond motifs is 1. The number of halogens is 1. The number of aryl methyl sites for hydroxylation is 1. The molecule has 0 aliphatic carbocycles. The van der Waals surface area contributed by atoms with Crippen LogP contribution in [-0.2, 0) is 27.2 Å². The summed E-state index contributed by atoms with van der Waals surface area (Å²) in [4.78, 5) is 29.7. The molecule has 9 nitrogen and oxygen atoms in total. The predicted molar refractivity (Wildman–Crippen MR) is 120 cm³/mol. The van der Waals surface area contributed by atoms with Gasteiger partial charge in [0.1, 0.15) is 12.4 Å². The van der Waals surface area contributed by atoms with Crippen LogP contribution in [-0.4, -0.2) is 32.9 Å². The quantitative estimate of drug-likeness (QED) is 0.426. The van der Waals surface area contributed by atoms with Crippen LogP contribution in [0.5, 0.6) is 17.5 Å². The Hall–Kier alpha value is -4.08. The third-order valence-corrected chi connectivity index (χ3v) is 5.42. The lowest BCUT2D eigenvalue weighted by atomic mass is 10.2. The van der Waals surface area contributed by atoms with Crippen molar-refractivity contribution < 1.29 is 18.6 Å². The highest BCUT2D eigenvalue weighted by atomic mass is 19.1. The molecule has 2 heterocycles. The largest absolute Gasteiger partial charge is 0.493 e. The molecule has 0 saturated carbocycles. The van der Waals surface area contributed by atoms with Gasteiger partial charge >= 0.3 is 5.69 Å². The number of rotatable bonds is 7. The zero-order chi connectivity index (χ0) is 23.7. The number of hydrogen-bond acceptors (Lipinski definition) is 6. The van der Waals surface area contributed by atoms with E-state index in [4.69, 9.17) is 14.2 Å². The van der Waals surface area contributed by atoms with Crippen molar-refractivity contribution in [3.8, 4) is 17.5 Å². The smallest absolute Gasteiger partial charge is 0.332 e. The predicted octanol–water partition coefficient (Wildman–Crippen LogP) is 2.22. The molecule has 10 heteroatoms. The number of benzene rings is 2. The first-order chi connectivity index (χ1) is 15.8. The summed E-state index contributed by atoms with van der Waals surface area (Å²) < 4.78 is 34.7. The standard InChI is InChI=1S/C23H23FN4O5/c1-26-20-19(21(29)27(2)23(26)30)28(12-15-7-5-6-8-16(15)24)22(25-20)33-13-14-9-10-17(31-3)18(11-14)32-4/h5-11H,12-13H2,1-4H3. The van der Waals surface area contributed by atoms with Gasteiger partial charge in [-0.25, -0.2) is 9.18 Å². The van der Waals surface area contributed by atoms with E-state index in [1.54, 1.807) is 43.5 Å². The normalized spacial score (nSPS) is 11.1. The van der Waals surface area contributed by atoms with Gasteiger partial charge in [0.25, 0.3) is 11.6 Å². The van der Waals surface area contributed by atoms with Crippen molar-refractivity contribution in [1.29, 1.82) is 0 Å². The number of nitrogens with zero attached hydrogens (tertiary/aromatic N) is 4. The third kappa shape index (κ3) is 3.95. The maximum Gasteiger partial charge on any atom is 0.332 e. The summed E-state index contributed by atoms with van der Waals surface area (Å²) in [6.45, 7) is 0.0904. The molecule has 33 heavy (non-hydrogen) atoms. The number of ether oxygens (including phenoxy) is 3. The van der Waals surface area contributed by atoms with E-state index in [1.165, 1.54) is 36.4 Å². The first kappa shape index (κ1) is 22.1. The van der Waals surface area contributed by atoms with Crippen LogP contribution in [0.2, 0.25) is 0 Å². The van der Waals surface area contributed by atoms with Crippen LogP contribution in [0.15, 0.2) is 52.1 Å². The van der Waals surface area contributed by atoms with E-state index in [0.29, 0.717) is 17.1 Å². The molecule has 0 radical (unpaired) electrons. The molecule has 2 aromatic carbocycles. The van der Waals surface area contributed by atoms with E-state index in [2.05, 4.69) is 4.98 Å². The molecular formula is C23H23FN4O5. The van der Waals surface area contributed by atoms with E-state index in [1.807, 2.05) is 0 Å². The molecule has 4 rings (SSSR count). The maximum atomic E-state index is 14.4. The van der Waals surface area contributed by atoms with Crippen molar-refractivity contribution in [1.82, 2.24) is 18.7 Å². The first-order valence-corrected chi connectivity index (χ1v) is 10.1. The molecule has 0 spiro atoms. The van der Waals surface area contributed by atoms with Crippen molar-refractivity contribution in [2.24, 2.45) is 14.1 Å². The van der Waals surface area contributed by atoms with Crippen LogP contribution >= 0.6 is 0 Å². The summed E-state index contributed by atoms with van der Waals surface area (Å²) in [5, 5.41) is 0. The van der Waals surface area contributed by atoms with Gasteiger partial charge in [-0.1, -0.05) is 24.3 Å². The van der Waals surface area contributed by atoms with Gasteiger partial charge in [0.05, 0.1) is 20.8 Å². The van der Waals surface area contributed by atoms with Crippen molar-refractivity contribution in [2.45, 2.75) is 13.2 Å². The van der Waals surface area contributed by atoms with Crippen LogP contribution in [0.25, 0.3) is 11.2 Å². The Bertz CT molecular complexity index is 1450. The second kappa shape index (κ2) is 8.81. The summed E-state index contributed by atoms with van der Waals surface area (Å²) in [5.41, 5.74) is 0.349. The second-order valence-corrected chi connectivity index (χ2v) is 7.43. The Kier molecular flexibility index (Phi) is 5.91. The van der Waals surface area contributed by atoms with Gasteiger partial charge in [0, 0.05) is 19.7 Å². The Morgan fingerprint density at radius 1 is 0.970 bits per heavy atom. The average molecular weight is 454 g/mol. The molecule has 172 valence electrons. The fraction of sp³-hybridized carbons (Fsp3) is 0.261. The molecule has 0 unspecified atom stereocenters. The molecule has 0 amide bonds. The van der Waals surface area contributed by atoms with Crippen LogP contribution < -0.4 is 25.5 Å². The third-order valence-electron chi connectivity index (χ3n) is 5.42. The zero-order valence-corrected chi connectivity index (χ0v) is 18.7. The molecule has 0 saturated heterocycles. The van der Waals surface area contributed by atoms with Crippen molar-refractivity contribution >= 4 is 11.2 Å². The average Bonchev–Trinajstić information content (AvgIpc) is 3.19. The molecule has 0 N–H and O–H groups in total. The first-order valence-electron chi connectivity index (χ1n) is 10.1. The number of methoxy groups -OCH3 is 2. The molecular weight excluding hydrogens is 431 g/mol. The Balaban J connectivity index is 1.81. The summed E-state index contributed by atoms with van der Waals surface area (Å²) >= 11 is 0. The molecule has 0 atom stereocenters. The summed E-state index contributed by atoms with van der Waals surface area (Å²) in [7, 11) is 5.98. The van der Waals surface area contributed by atoms with E-state index in [9.17, 15) is 14.0 Å². The lowest BCUT2D eigenvalue weighted by Gasteiger charge is -2.12. The zero-order valence-electron chi connectivity index (χ0n) is 18.7. The fourth-order valence-electron chi connectivity index (χ4n) is 3.60. The van der Waals surface area contributed by atoms with Crippen molar-refractivity contribution in [2.75, 3.05) is 14.2 Å². The minimum Gasteiger partial charge on any atom is -0.493 e. The summed E-state index contributed by atoms with van der Waals surface area (Å²) in [5.74, 6) is 0.688. The molecule has 0 aliphatic rings. The van der Waals surface area contributed by atoms with Crippen LogP contribution in [0.3, 0.4) is 0 Å². The Morgan fingerprint density at radius 3 is 2.39 bits per heavy atom. The van der Waals surface area contributed by atoms with Crippen molar-refractivity contribution in [3.05, 3.63) is 80.2 Å². The van der Waals surface area contributed by atoms with Gasteiger partial charge in [0.2, 0.25) is 0 Å².